The molecule has 1 heterocycles. The lowest BCUT2D eigenvalue weighted by molar-refractivity contribution is 0.127. The summed E-state index contributed by atoms with van der Waals surface area (Å²) in [6.07, 6.45) is 19.5. The van der Waals surface area contributed by atoms with Crippen LogP contribution in [0.2, 0.25) is 0 Å². The highest BCUT2D eigenvalue weighted by atomic mass is 32.1. The molecule has 0 bridgehead atoms. The quantitative estimate of drug-likeness (QED) is 0.187. The van der Waals surface area contributed by atoms with Crippen molar-refractivity contribution in [1.82, 2.24) is 4.90 Å². The lowest BCUT2D eigenvalue weighted by Crippen LogP contribution is -2.38. The standard InChI is InChI=1S/C26H52NS/c1-5-7-9-11-13-23(3)15-16-25(14-10-8-6-2)24(4)26-17-20-27(21-18-26)19-12-22-28/h23-26,28H,4-22H2,1-3H3. The Morgan fingerprint density at radius 3 is 2.14 bits per heavy atom. The Bertz CT molecular complexity index is 337. The zero-order valence-electron chi connectivity index (χ0n) is 19.6. The third kappa shape index (κ3) is 11.5. The van der Waals surface area contributed by atoms with Gasteiger partial charge in [0, 0.05) is 0 Å². The molecule has 1 aliphatic heterocycles. The van der Waals surface area contributed by atoms with Gasteiger partial charge in [0.25, 0.3) is 0 Å². The maximum Gasteiger partial charge on any atom is -0.00110 e. The van der Waals surface area contributed by atoms with Gasteiger partial charge in [-0.3, -0.25) is 0 Å². The van der Waals surface area contributed by atoms with Crippen molar-refractivity contribution in [3.63, 3.8) is 0 Å². The van der Waals surface area contributed by atoms with E-state index in [1.807, 2.05) is 0 Å². The first-order chi connectivity index (χ1) is 13.6. The Balaban J connectivity index is 2.42. The molecule has 1 rings (SSSR count). The van der Waals surface area contributed by atoms with E-state index < -0.39 is 0 Å². The molecule has 3 atom stereocenters. The Morgan fingerprint density at radius 1 is 0.857 bits per heavy atom. The molecular weight excluding hydrogens is 358 g/mol. The van der Waals surface area contributed by atoms with Gasteiger partial charge in [0.05, 0.1) is 0 Å². The zero-order valence-corrected chi connectivity index (χ0v) is 20.5. The van der Waals surface area contributed by atoms with Crippen molar-refractivity contribution in [2.45, 2.75) is 111 Å². The molecule has 1 saturated heterocycles. The normalized spacial score (nSPS) is 19.6. The van der Waals surface area contributed by atoms with Gasteiger partial charge in [0.1, 0.15) is 0 Å². The Morgan fingerprint density at radius 2 is 1.50 bits per heavy atom. The molecule has 0 aromatic carbocycles. The van der Waals surface area contributed by atoms with Crippen LogP contribution in [0.5, 0.6) is 0 Å². The lowest BCUT2D eigenvalue weighted by Gasteiger charge is -2.38. The van der Waals surface area contributed by atoms with Crippen LogP contribution in [0.1, 0.15) is 111 Å². The number of thiol groups is 1. The SMILES string of the molecule is [CH2]C(C(CCCCC)CCC(C)CCCCCC)C1CCN(CCCS)CC1. The van der Waals surface area contributed by atoms with Crippen molar-refractivity contribution >= 4 is 12.6 Å². The second-order valence-electron chi connectivity index (χ2n) is 9.71. The van der Waals surface area contributed by atoms with Crippen LogP contribution in [0.3, 0.4) is 0 Å². The topological polar surface area (TPSA) is 3.24 Å². The second-order valence-corrected chi connectivity index (χ2v) is 10.2. The van der Waals surface area contributed by atoms with Crippen molar-refractivity contribution in [3.8, 4) is 0 Å². The van der Waals surface area contributed by atoms with Gasteiger partial charge in [-0.25, -0.2) is 0 Å². The average molecular weight is 411 g/mol. The van der Waals surface area contributed by atoms with E-state index in [0.29, 0.717) is 5.92 Å². The molecule has 0 saturated carbocycles. The van der Waals surface area contributed by atoms with Gasteiger partial charge in [-0.15, -0.1) is 0 Å². The second kappa shape index (κ2) is 17.0. The molecule has 1 nitrogen and oxygen atoms in total. The van der Waals surface area contributed by atoms with Crippen molar-refractivity contribution in [2.75, 3.05) is 25.4 Å². The average Bonchev–Trinajstić information content (AvgIpc) is 2.72. The highest BCUT2D eigenvalue weighted by molar-refractivity contribution is 7.80. The fraction of sp³-hybridized carbons (Fsp3) is 0.962. The summed E-state index contributed by atoms with van der Waals surface area (Å²) in [5.41, 5.74) is 0. The maximum absolute atomic E-state index is 4.76. The molecule has 0 amide bonds. The molecule has 1 aliphatic rings. The molecule has 1 radical (unpaired) electrons. The number of piperidine rings is 1. The molecule has 0 N–H and O–H groups in total. The largest absolute Gasteiger partial charge is 0.303 e. The van der Waals surface area contributed by atoms with E-state index in [2.05, 4.69) is 38.3 Å². The summed E-state index contributed by atoms with van der Waals surface area (Å²) in [5.74, 6) is 4.32. The van der Waals surface area contributed by atoms with Crippen molar-refractivity contribution in [1.29, 1.82) is 0 Å². The Hall–Kier alpha value is 0.310. The van der Waals surface area contributed by atoms with E-state index in [0.717, 1.165) is 23.5 Å². The molecule has 0 aliphatic carbocycles. The van der Waals surface area contributed by atoms with Crippen LogP contribution in [-0.2, 0) is 0 Å². The summed E-state index contributed by atoms with van der Waals surface area (Å²) in [4.78, 5) is 2.66. The maximum atomic E-state index is 4.76. The number of hydrogen-bond donors (Lipinski definition) is 1. The summed E-state index contributed by atoms with van der Waals surface area (Å²) in [5, 5.41) is 0. The number of rotatable bonds is 17. The van der Waals surface area contributed by atoms with Crippen LogP contribution >= 0.6 is 12.6 Å². The molecule has 0 spiro atoms. The predicted octanol–water partition coefficient (Wildman–Crippen LogP) is 8.05. The molecule has 167 valence electrons. The van der Waals surface area contributed by atoms with Gasteiger partial charge < -0.3 is 4.90 Å². The van der Waals surface area contributed by atoms with Crippen LogP contribution in [0.4, 0.5) is 0 Å². The fourth-order valence-corrected chi connectivity index (χ4v) is 5.22. The van der Waals surface area contributed by atoms with E-state index >= 15 is 0 Å². The van der Waals surface area contributed by atoms with E-state index in [4.69, 9.17) is 6.92 Å². The van der Waals surface area contributed by atoms with Gasteiger partial charge >= 0.3 is 0 Å². The first kappa shape index (κ1) is 26.3. The molecule has 1 fully saturated rings. The monoisotopic (exact) mass is 410 g/mol. The van der Waals surface area contributed by atoms with Crippen LogP contribution in [-0.4, -0.2) is 30.3 Å². The van der Waals surface area contributed by atoms with Crippen molar-refractivity contribution < 1.29 is 0 Å². The summed E-state index contributed by atoms with van der Waals surface area (Å²) < 4.78 is 0. The van der Waals surface area contributed by atoms with Crippen LogP contribution < -0.4 is 0 Å². The smallest absolute Gasteiger partial charge is 0.00110 e. The van der Waals surface area contributed by atoms with Crippen molar-refractivity contribution in [2.24, 2.45) is 23.7 Å². The third-order valence-electron chi connectivity index (χ3n) is 7.23. The Labute approximate surface area is 184 Å². The highest BCUT2D eigenvalue weighted by Gasteiger charge is 2.29. The minimum Gasteiger partial charge on any atom is -0.303 e. The van der Waals surface area contributed by atoms with Crippen LogP contribution in [0.15, 0.2) is 0 Å². The number of likely N-dealkylation sites (tertiary alicyclic amines) is 1. The number of nitrogens with zero attached hydrogens (tertiary/aromatic N) is 1. The summed E-state index contributed by atoms with van der Waals surface area (Å²) in [6, 6.07) is 0. The molecular formula is C26H52NS. The van der Waals surface area contributed by atoms with Gasteiger partial charge in [-0.1, -0.05) is 85.0 Å². The lowest BCUT2D eigenvalue weighted by atomic mass is 9.73. The van der Waals surface area contributed by atoms with Gasteiger partial charge in [0.2, 0.25) is 0 Å². The third-order valence-corrected chi connectivity index (χ3v) is 7.55. The first-order valence-corrected chi connectivity index (χ1v) is 13.4. The van der Waals surface area contributed by atoms with E-state index in [-0.39, 0.29) is 0 Å². The van der Waals surface area contributed by atoms with Crippen LogP contribution in [0, 0.1) is 30.6 Å². The highest BCUT2D eigenvalue weighted by Crippen LogP contribution is 2.36. The van der Waals surface area contributed by atoms with Gasteiger partial charge in [-0.05, 0) is 81.7 Å². The van der Waals surface area contributed by atoms with E-state index in [1.165, 1.54) is 110 Å². The molecule has 28 heavy (non-hydrogen) atoms. The zero-order chi connectivity index (χ0) is 20.6. The predicted molar refractivity (Wildman–Crippen MR) is 131 cm³/mol. The summed E-state index contributed by atoms with van der Waals surface area (Å²) in [7, 11) is 0. The molecule has 2 heteroatoms. The minimum absolute atomic E-state index is 0.677. The number of unbranched alkanes of at least 4 members (excludes halogenated alkanes) is 5. The molecule has 3 unspecified atom stereocenters. The van der Waals surface area contributed by atoms with E-state index in [1.54, 1.807) is 0 Å². The molecule has 0 aromatic heterocycles. The van der Waals surface area contributed by atoms with Gasteiger partial charge in [-0.2, -0.15) is 12.6 Å². The summed E-state index contributed by atoms with van der Waals surface area (Å²) in [6.45, 7) is 15.7. The van der Waals surface area contributed by atoms with Gasteiger partial charge in [0.15, 0.2) is 0 Å². The fourth-order valence-electron chi connectivity index (χ4n) is 5.08. The van der Waals surface area contributed by atoms with Crippen LogP contribution in [0.25, 0.3) is 0 Å². The minimum atomic E-state index is 0.677. The number of hydrogen-bond acceptors (Lipinski definition) is 2. The van der Waals surface area contributed by atoms with Crippen molar-refractivity contribution in [3.05, 3.63) is 6.92 Å². The molecule has 0 aromatic rings. The van der Waals surface area contributed by atoms with E-state index in [9.17, 15) is 0 Å². The first-order valence-electron chi connectivity index (χ1n) is 12.8. The Kier molecular flexibility index (Phi) is 16.0. The summed E-state index contributed by atoms with van der Waals surface area (Å²) >= 11 is 4.37.